The maximum Gasteiger partial charge on any atom is 0.246 e. The number of methoxy groups -OCH3 is 1. The molecule has 0 bridgehead atoms. The summed E-state index contributed by atoms with van der Waals surface area (Å²) in [7, 11) is -0.147. The molecule has 0 radical (unpaired) electrons. The van der Waals surface area contributed by atoms with Crippen molar-refractivity contribution in [3.8, 4) is 5.75 Å². The minimum Gasteiger partial charge on any atom is -0.495 e. The third-order valence-corrected chi connectivity index (χ3v) is 6.06. The van der Waals surface area contributed by atoms with Gasteiger partial charge in [0.2, 0.25) is 10.0 Å². The largest absolute Gasteiger partial charge is 0.495 e. The summed E-state index contributed by atoms with van der Waals surface area (Å²) in [5.41, 5.74) is 0.929. The molecule has 1 aliphatic rings. The van der Waals surface area contributed by atoms with Crippen LogP contribution in [-0.4, -0.2) is 51.5 Å². The van der Waals surface area contributed by atoms with Gasteiger partial charge in [0.15, 0.2) is 0 Å². The van der Waals surface area contributed by atoms with Crippen LogP contribution >= 0.6 is 11.8 Å². The van der Waals surface area contributed by atoms with E-state index in [1.54, 1.807) is 28.2 Å². The van der Waals surface area contributed by atoms with E-state index < -0.39 is 10.0 Å². The van der Waals surface area contributed by atoms with E-state index in [0.717, 1.165) is 17.1 Å². The normalized spacial score (nSPS) is 17.1. The smallest absolute Gasteiger partial charge is 0.246 e. The molecule has 7 heteroatoms. The predicted octanol–water partition coefficient (Wildman–Crippen LogP) is 1.15. The zero-order valence-electron chi connectivity index (χ0n) is 11.8. The molecule has 0 atom stereocenters. The van der Waals surface area contributed by atoms with Crippen LogP contribution in [0.4, 0.5) is 0 Å². The molecule has 0 saturated carbocycles. The highest BCUT2D eigenvalue weighted by Crippen LogP contribution is 2.29. The van der Waals surface area contributed by atoms with Gasteiger partial charge in [-0.25, -0.2) is 8.42 Å². The van der Waals surface area contributed by atoms with E-state index in [2.05, 4.69) is 5.32 Å². The Morgan fingerprint density at radius 2 is 2.05 bits per heavy atom. The first-order chi connectivity index (χ1) is 9.59. The molecule has 1 saturated heterocycles. The summed E-state index contributed by atoms with van der Waals surface area (Å²) in [6, 6.07) is 5.30. The summed E-state index contributed by atoms with van der Waals surface area (Å²) in [5, 5.41) is 3.03. The second-order valence-corrected chi connectivity index (χ2v) is 7.66. The minimum absolute atomic E-state index is 0.264. The van der Waals surface area contributed by atoms with Gasteiger partial charge in [-0.05, 0) is 24.7 Å². The number of hydrogen-bond acceptors (Lipinski definition) is 5. The molecule has 0 amide bonds. The predicted molar refractivity (Wildman–Crippen MR) is 81.8 cm³/mol. The Labute approximate surface area is 124 Å². The monoisotopic (exact) mass is 316 g/mol. The summed E-state index contributed by atoms with van der Waals surface area (Å²) in [4.78, 5) is 0.264. The van der Waals surface area contributed by atoms with Crippen LogP contribution in [-0.2, 0) is 16.6 Å². The summed E-state index contributed by atoms with van der Waals surface area (Å²) in [6.07, 6.45) is 0. The lowest BCUT2D eigenvalue weighted by molar-refractivity contribution is 0.395. The van der Waals surface area contributed by atoms with E-state index in [4.69, 9.17) is 4.74 Å². The van der Waals surface area contributed by atoms with E-state index >= 15 is 0 Å². The molecule has 0 aliphatic carbocycles. The maximum absolute atomic E-state index is 12.7. The summed E-state index contributed by atoms with van der Waals surface area (Å²) >= 11 is 1.78. The quantitative estimate of drug-likeness (QED) is 0.883. The Kier molecular flexibility index (Phi) is 5.31. The number of nitrogens with one attached hydrogen (secondary N) is 1. The van der Waals surface area contributed by atoms with Gasteiger partial charge in [0.05, 0.1) is 7.11 Å². The lowest BCUT2D eigenvalue weighted by Gasteiger charge is -2.26. The van der Waals surface area contributed by atoms with Crippen molar-refractivity contribution >= 4 is 21.8 Å². The Bertz CT molecular complexity index is 555. The second-order valence-electron chi connectivity index (χ2n) is 4.53. The van der Waals surface area contributed by atoms with Crippen molar-refractivity contribution in [3.63, 3.8) is 0 Å². The molecule has 2 rings (SSSR count). The molecular formula is C13H20N2O3S2. The lowest BCUT2D eigenvalue weighted by Crippen LogP contribution is -2.38. The number of ether oxygens (including phenoxy) is 1. The zero-order chi connectivity index (χ0) is 14.6. The molecule has 1 heterocycles. The van der Waals surface area contributed by atoms with Crippen molar-refractivity contribution < 1.29 is 13.2 Å². The van der Waals surface area contributed by atoms with E-state index in [1.807, 2.05) is 13.1 Å². The van der Waals surface area contributed by atoms with Crippen LogP contribution in [0.25, 0.3) is 0 Å². The van der Waals surface area contributed by atoms with Gasteiger partial charge >= 0.3 is 0 Å². The van der Waals surface area contributed by atoms with Crippen LogP contribution in [0.2, 0.25) is 0 Å². The zero-order valence-corrected chi connectivity index (χ0v) is 13.4. The number of sulfonamides is 1. The van der Waals surface area contributed by atoms with E-state index in [-0.39, 0.29) is 4.90 Å². The molecule has 5 nitrogen and oxygen atoms in total. The lowest BCUT2D eigenvalue weighted by atomic mass is 10.2. The highest BCUT2D eigenvalue weighted by Gasteiger charge is 2.29. The number of hydrogen-bond donors (Lipinski definition) is 1. The Balaban J connectivity index is 2.39. The molecule has 0 unspecified atom stereocenters. The Morgan fingerprint density at radius 1 is 1.35 bits per heavy atom. The highest BCUT2D eigenvalue weighted by atomic mass is 32.2. The summed E-state index contributed by atoms with van der Waals surface area (Å²) in [5.74, 6) is 2.10. The van der Waals surface area contributed by atoms with Gasteiger partial charge in [0.25, 0.3) is 0 Å². The van der Waals surface area contributed by atoms with Gasteiger partial charge in [-0.15, -0.1) is 0 Å². The molecule has 1 N–H and O–H groups in total. The van der Waals surface area contributed by atoms with Crippen LogP contribution < -0.4 is 10.1 Å². The van der Waals surface area contributed by atoms with Crippen molar-refractivity contribution in [1.29, 1.82) is 0 Å². The van der Waals surface area contributed by atoms with Crippen LogP contribution in [0.5, 0.6) is 5.75 Å². The van der Waals surface area contributed by atoms with Gasteiger partial charge < -0.3 is 10.1 Å². The van der Waals surface area contributed by atoms with Gasteiger partial charge in [0, 0.05) is 31.1 Å². The molecule has 1 aromatic carbocycles. The van der Waals surface area contributed by atoms with Crippen molar-refractivity contribution in [3.05, 3.63) is 23.8 Å². The van der Waals surface area contributed by atoms with Crippen LogP contribution in [0.15, 0.2) is 23.1 Å². The topological polar surface area (TPSA) is 58.6 Å². The first-order valence-electron chi connectivity index (χ1n) is 6.49. The van der Waals surface area contributed by atoms with Crippen molar-refractivity contribution in [2.24, 2.45) is 0 Å². The third-order valence-electron chi connectivity index (χ3n) is 3.20. The first-order valence-corrected chi connectivity index (χ1v) is 9.08. The molecule has 0 spiro atoms. The fraction of sp³-hybridized carbons (Fsp3) is 0.538. The summed E-state index contributed by atoms with van der Waals surface area (Å²) < 4.78 is 32.2. The first kappa shape index (κ1) is 15.6. The molecule has 0 aromatic heterocycles. The molecular weight excluding hydrogens is 296 g/mol. The average molecular weight is 316 g/mol. The molecule has 1 aromatic rings. The van der Waals surface area contributed by atoms with Gasteiger partial charge in [0.1, 0.15) is 10.6 Å². The van der Waals surface area contributed by atoms with Crippen molar-refractivity contribution in [2.75, 3.05) is 38.8 Å². The van der Waals surface area contributed by atoms with Crippen LogP contribution in [0.1, 0.15) is 5.56 Å². The fourth-order valence-electron chi connectivity index (χ4n) is 2.16. The Morgan fingerprint density at radius 3 is 2.65 bits per heavy atom. The fourth-order valence-corrected chi connectivity index (χ4v) is 4.94. The molecule has 112 valence electrons. The number of rotatable bonds is 5. The molecule has 1 aliphatic heterocycles. The molecule has 20 heavy (non-hydrogen) atoms. The minimum atomic E-state index is -3.48. The number of thioether (sulfide) groups is 1. The second kappa shape index (κ2) is 6.80. The Hall–Kier alpha value is -0.760. The summed E-state index contributed by atoms with van der Waals surface area (Å²) in [6.45, 7) is 1.75. The SMILES string of the molecule is CNCc1ccc(OC)c(S(=O)(=O)N2CCSCC2)c1. The maximum atomic E-state index is 12.7. The highest BCUT2D eigenvalue weighted by molar-refractivity contribution is 7.99. The van der Waals surface area contributed by atoms with Crippen molar-refractivity contribution in [1.82, 2.24) is 9.62 Å². The average Bonchev–Trinajstić information content (AvgIpc) is 2.48. The van der Waals surface area contributed by atoms with Gasteiger partial charge in [-0.2, -0.15) is 16.1 Å². The van der Waals surface area contributed by atoms with E-state index in [9.17, 15) is 8.42 Å². The van der Waals surface area contributed by atoms with E-state index in [0.29, 0.717) is 25.4 Å². The standard InChI is InChI=1S/C13H20N2O3S2/c1-14-10-11-3-4-12(18-2)13(9-11)20(16,17)15-5-7-19-8-6-15/h3-4,9,14H,5-8,10H2,1-2H3. The van der Waals surface area contributed by atoms with Crippen LogP contribution in [0.3, 0.4) is 0 Å². The van der Waals surface area contributed by atoms with Gasteiger partial charge in [-0.3, -0.25) is 0 Å². The van der Waals surface area contributed by atoms with Crippen molar-refractivity contribution in [2.45, 2.75) is 11.4 Å². The molecule has 1 fully saturated rings. The van der Waals surface area contributed by atoms with Gasteiger partial charge in [-0.1, -0.05) is 6.07 Å². The number of nitrogens with zero attached hydrogens (tertiary/aromatic N) is 1. The van der Waals surface area contributed by atoms with Crippen LogP contribution in [0, 0.1) is 0 Å². The van der Waals surface area contributed by atoms with E-state index in [1.165, 1.54) is 7.11 Å². The third kappa shape index (κ3) is 3.28. The number of benzene rings is 1.